The number of hydrogen-bond donors (Lipinski definition) is 1. The highest BCUT2D eigenvalue weighted by Crippen LogP contribution is 2.12. The summed E-state index contributed by atoms with van der Waals surface area (Å²) in [6.07, 6.45) is -0.0337. The van der Waals surface area contributed by atoms with E-state index in [2.05, 4.69) is 0 Å². The molecule has 1 aliphatic heterocycles. The van der Waals surface area contributed by atoms with Gasteiger partial charge in [-0.1, -0.05) is 43.7 Å². The van der Waals surface area contributed by atoms with Crippen molar-refractivity contribution in [1.29, 1.82) is 0 Å². The minimum atomic E-state index is -0.598. The molecule has 0 aromatic heterocycles. The topological polar surface area (TPSA) is 60.9 Å². The fraction of sp³-hybridized carbons (Fsp3) is 0.579. The van der Waals surface area contributed by atoms with Gasteiger partial charge < -0.3 is 14.9 Å². The summed E-state index contributed by atoms with van der Waals surface area (Å²) in [4.78, 5) is 28.1. The number of hydrogen-bond acceptors (Lipinski definition) is 3. The summed E-state index contributed by atoms with van der Waals surface area (Å²) in [6.45, 7) is 8.05. The summed E-state index contributed by atoms with van der Waals surface area (Å²) in [5, 5.41) is 9.84. The second kappa shape index (κ2) is 8.29. The fourth-order valence-corrected chi connectivity index (χ4v) is 2.74. The Labute approximate surface area is 144 Å². The lowest BCUT2D eigenvalue weighted by atomic mass is 10.0. The Hall–Kier alpha value is -1.88. The molecule has 5 heteroatoms. The van der Waals surface area contributed by atoms with Crippen LogP contribution in [0.25, 0.3) is 0 Å². The van der Waals surface area contributed by atoms with Gasteiger partial charge in [0, 0.05) is 26.2 Å². The number of benzene rings is 1. The van der Waals surface area contributed by atoms with E-state index in [9.17, 15) is 14.7 Å². The maximum Gasteiger partial charge on any atom is 0.227 e. The van der Waals surface area contributed by atoms with E-state index in [4.69, 9.17) is 0 Å². The Morgan fingerprint density at radius 1 is 1.00 bits per heavy atom. The molecule has 0 radical (unpaired) electrons. The number of nitrogens with zero attached hydrogens (tertiary/aromatic N) is 2. The van der Waals surface area contributed by atoms with Crippen LogP contribution < -0.4 is 0 Å². The lowest BCUT2D eigenvalue weighted by Gasteiger charge is -2.35. The molecule has 0 spiro atoms. The molecule has 1 N–H and O–H groups in total. The summed E-state index contributed by atoms with van der Waals surface area (Å²) >= 11 is 0. The first-order chi connectivity index (χ1) is 11.4. The van der Waals surface area contributed by atoms with Crippen LogP contribution in [-0.2, 0) is 16.0 Å². The molecule has 24 heavy (non-hydrogen) atoms. The first-order valence-corrected chi connectivity index (χ1v) is 8.66. The van der Waals surface area contributed by atoms with Crippen molar-refractivity contribution in [2.75, 3.05) is 26.2 Å². The molecule has 5 nitrogen and oxygen atoms in total. The molecular formula is C19H28N2O3. The van der Waals surface area contributed by atoms with Crippen molar-refractivity contribution in [1.82, 2.24) is 9.80 Å². The predicted molar refractivity (Wildman–Crippen MR) is 93.5 cm³/mol. The highest BCUT2D eigenvalue weighted by Gasteiger charge is 2.25. The van der Waals surface area contributed by atoms with Gasteiger partial charge in [0.05, 0.1) is 18.9 Å². The molecule has 1 aromatic carbocycles. The zero-order chi connectivity index (χ0) is 17.7. The van der Waals surface area contributed by atoms with Crippen molar-refractivity contribution in [3.05, 3.63) is 35.4 Å². The van der Waals surface area contributed by atoms with Crippen molar-refractivity contribution >= 4 is 11.8 Å². The van der Waals surface area contributed by atoms with Gasteiger partial charge in [-0.2, -0.15) is 0 Å². The molecule has 1 aliphatic rings. The van der Waals surface area contributed by atoms with E-state index in [1.54, 1.807) is 4.90 Å². The van der Waals surface area contributed by atoms with E-state index in [-0.39, 0.29) is 24.2 Å². The van der Waals surface area contributed by atoms with Crippen LogP contribution in [-0.4, -0.2) is 59.0 Å². The lowest BCUT2D eigenvalue weighted by molar-refractivity contribution is -0.140. The number of aliphatic hydroxyl groups is 1. The highest BCUT2D eigenvalue weighted by atomic mass is 16.3. The summed E-state index contributed by atoms with van der Waals surface area (Å²) < 4.78 is 0. The highest BCUT2D eigenvalue weighted by molar-refractivity contribution is 5.80. The van der Waals surface area contributed by atoms with Crippen LogP contribution in [0, 0.1) is 12.8 Å². The summed E-state index contributed by atoms with van der Waals surface area (Å²) in [5.41, 5.74) is 2.20. The first kappa shape index (κ1) is 18.5. The SMILES string of the molecule is Cc1ccc(CC(=O)N2CCN(C(=O)CC(O)C(C)C)CC2)cc1. The number of aliphatic hydroxyl groups excluding tert-OH is 1. The van der Waals surface area contributed by atoms with Crippen LogP contribution in [0.15, 0.2) is 24.3 Å². The molecule has 1 unspecified atom stereocenters. The van der Waals surface area contributed by atoms with Gasteiger partial charge in [0.2, 0.25) is 11.8 Å². The van der Waals surface area contributed by atoms with Crippen LogP contribution in [0.3, 0.4) is 0 Å². The van der Waals surface area contributed by atoms with Crippen molar-refractivity contribution in [2.45, 2.75) is 39.7 Å². The van der Waals surface area contributed by atoms with Gasteiger partial charge in [0.25, 0.3) is 0 Å². The zero-order valence-electron chi connectivity index (χ0n) is 14.9. The third kappa shape index (κ3) is 5.06. The number of amides is 2. The average Bonchev–Trinajstić information content (AvgIpc) is 2.56. The number of rotatable bonds is 5. The van der Waals surface area contributed by atoms with Gasteiger partial charge in [-0.3, -0.25) is 9.59 Å². The molecule has 132 valence electrons. The molecule has 1 aromatic rings. The van der Waals surface area contributed by atoms with Crippen molar-refractivity contribution in [2.24, 2.45) is 5.92 Å². The second-order valence-corrected chi connectivity index (χ2v) is 6.94. The van der Waals surface area contributed by atoms with E-state index >= 15 is 0 Å². The Balaban J connectivity index is 1.80. The smallest absolute Gasteiger partial charge is 0.227 e. The second-order valence-electron chi connectivity index (χ2n) is 6.94. The quantitative estimate of drug-likeness (QED) is 0.891. The zero-order valence-corrected chi connectivity index (χ0v) is 14.9. The monoisotopic (exact) mass is 332 g/mol. The molecule has 2 amide bonds. The minimum absolute atomic E-state index is 0.0261. The van der Waals surface area contributed by atoms with E-state index in [1.807, 2.05) is 49.9 Å². The maximum absolute atomic E-state index is 12.4. The van der Waals surface area contributed by atoms with Crippen LogP contribution >= 0.6 is 0 Å². The van der Waals surface area contributed by atoms with Gasteiger partial charge >= 0.3 is 0 Å². The standard InChI is InChI=1S/C19H28N2O3/c1-14(2)17(22)13-19(24)21-10-8-20(9-11-21)18(23)12-16-6-4-15(3)5-7-16/h4-7,14,17,22H,8-13H2,1-3H3. The van der Waals surface area contributed by atoms with Gasteiger partial charge in [-0.05, 0) is 18.4 Å². The molecule has 1 heterocycles. The molecule has 0 saturated carbocycles. The van der Waals surface area contributed by atoms with E-state index in [1.165, 1.54) is 5.56 Å². The maximum atomic E-state index is 12.4. The van der Waals surface area contributed by atoms with Gasteiger partial charge in [0.1, 0.15) is 0 Å². The molecule has 1 fully saturated rings. The van der Waals surface area contributed by atoms with Crippen LogP contribution in [0.4, 0.5) is 0 Å². The molecular weight excluding hydrogens is 304 g/mol. The average molecular weight is 332 g/mol. The van der Waals surface area contributed by atoms with E-state index in [0.29, 0.717) is 32.6 Å². The molecule has 1 saturated heterocycles. The largest absolute Gasteiger partial charge is 0.392 e. The molecule has 0 aliphatic carbocycles. The van der Waals surface area contributed by atoms with Crippen LogP contribution in [0.1, 0.15) is 31.4 Å². The summed E-state index contributed by atoms with van der Waals surface area (Å²) in [6, 6.07) is 8.00. The van der Waals surface area contributed by atoms with Crippen molar-refractivity contribution in [3.8, 4) is 0 Å². The third-order valence-corrected chi connectivity index (χ3v) is 4.61. The first-order valence-electron chi connectivity index (χ1n) is 8.66. The molecule has 0 bridgehead atoms. The van der Waals surface area contributed by atoms with E-state index < -0.39 is 6.10 Å². The number of carbonyl (C=O) groups is 2. The molecule has 1 atom stereocenters. The van der Waals surface area contributed by atoms with Gasteiger partial charge in [-0.25, -0.2) is 0 Å². The Morgan fingerprint density at radius 3 is 2.00 bits per heavy atom. The Kier molecular flexibility index (Phi) is 6.37. The summed E-state index contributed by atoms with van der Waals surface area (Å²) in [5.74, 6) is 0.154. The number of piperazine rings is 1. The fourth-order valence-electron chi connectivity index (χ4n) is 2.74. The predicted octanol–water partition coefficient (Wildman–Crippen LogP) is 1.62. The van der Waals surface area contributed by atoms with Gasteiger partial charge in [-0.15, -0.1) is 0 Å². The third-order valence-electron chi connectivity index (χ3n) is 4.61. The van der Waals surface area contributed by atoms with Crippen LogP contribution in [0.2, 0.25) is 0 Å². The van der Waals surface area contributed by atoms with Crippen LogP contribution in [0.5, 0.6) is 0 Å². The van der Waals surface area contributed by atoms with Crippen molar-refractivity contribution < 1.29 is 14.7 Å². The lowest BCUT2D eigenvalue weighted by Crippen LogP contribution is -2.51. The van der Waals surface area contributed by atoms with E-state index in [0.717, 1.165) is 5.56 Å². The number of carbonyl (C=O) groups excluding carboxylic acids is 2. The normalized spacial score (nSPS) is 16.4. The minimum Gasteiger partial charge on any atom is -0.392 e. The van der Waals surface area contributed by atoms with Gasteiger partial charge in [0.15, 0.2) is 0 Å². The summed E-state index contributed by atoms with van der Waals surface area (Å²) in [7, 11) is 0. The number of aryl methyl sites for hydroxylation is 1. The Morgan fingerprint density at radius 2 is 1.50 bits per heavy atom. The molecule has 2 rings (SSSR count). The van der Waals surface area contributed by atoms with Crippen molar-refractivity contribution in [3.63, 3.8) is 0 Å². The Bertz CT molecular complexity index is 560.